The number of aliphatic hydroxyl groups is 1. The first kappa shape index (κ1) is 12.3. The zero-order valence-corrected chi connectivity index (χ0v) is 7.65. The molecule has 0 heterocycles. The largest absolute Gasteiger partial charge is 0.396 e. The highest BCUT2D eigenvalue weighted by molar-refractivity contribution is 5.75. The molecule has 0 aromatic rings. The molecule has 10 heavy (non-hydrogen) atoms. The maximum absolute atomic E-state index is 8.40. The van der Waals surface area contributed by atoms with Gasteiger partial charge in [-0.25, -0.2) is 0 Å². The third-order valence-corrected chi connectivity index (χ3v) is 0.474. The minimum atomic E-state index is 0.0972. The Bertz CT molecular complexity index is 87.9. The lowest BCUT2D eigenvalue weighted by molar-refractivity contribution is 0.177. The summed E-state index contributed by atoms with van der Waals surface area (Å²) in [5.41, 5.74) is 0.764. The van der Waals surface area contributed by atoms with E-state index in [1.165, 1.54) is 0 Å². The van der Waals surface area contributed by atoms with Crippen LogP contribution in [0.5, 0.6) is 0 Å². The molecule has 0 aliphatic heterocycles. The summed E-state index contributed by atoms with van der Waals surface area (Å²) in [5, 5.41) is 14.9. The highest BCUT2D eigenvalue weighted by Crippen LogP contribution is 2.09. The van der Waals surface area contributed by atoms with Gasteiger partial charge >= 0.3 is 0 Å². The third-order valence-electron chi connectivity index (χ3n) is 0.474. The normalized spacial score (nSPS) is 9.80. The molecular formula is C8H19NO. The minimum Gasteiger partial charge on any atom is -0.396 e. The van der Waals surface area contributed by atoms with Crippen LogP contribution < -0.4 is 0 Å². The van der Waals surface area contributed by atoms with Gasteiger partial charge in [0.25, 0.3) is 0 Å². The van der Waals surface area contributed by atoms with E-state index >= 15 is 0 Å². The molecule has 0 fully saturated rings. The molecule has 0 spiro atoms. The Morgan fingerprint density at radius 2 is 1.40 bits per heavy atom. The molecule has 0 aliphatic carbocycles. The molecule has 2 heteroatoms. The van der Waals surface area contributed by atoms with Gasteiger partial charge in [0.2, 0.25) is 0 Å². The SMILES string of the molecule is CC(C)(C)CO.CC(C)=N. The summed E-state index contributed by atoms with van der Waals surface area (Å²) in [6.07, 6.45) is 0. The zero-order chi connectivity index (χ0) is 8.78. The Labute approximate surface area is 63.8 Å². The lowest BCUT2D eigenvalue weighted by atomic mass is 9.99. The molecule has 0 atom stereocenters. The number of hydrogen-bond donors (Lipinski definition) is 2. The average molecular weight is 145 g/mol. The first-order chi connectivity index (χ1) is 4.29. The molecule has 0 unspecified atom stereocenters. The Morgan fingerprint density at radius 1 is 1.30 bits per heavy atom. The van der Waals surface area contributed by atoms with E-state index in [0.717, 1.165) is 0 Å². The fourth-order valence-electron chi connectivity index (χ4n) is 0. The first-order valence-corrected chi connectivity index (χ1v) is 3.42. The molecule has 0 saturated heterocycles. The van der Waals surface area contributed by atoms with Crippen molar-refractivity contribution in [1.82, 2.24) is 0 Å². The zero-order valence-electron chi connectivity index (χ0n) is 7.65. The summed E-state index contributed by atoms with van der Waals surface area (Å²) < 4.78 is 0. The maximum atomic E-state index is 8.40. The molecule has 0 aromatic carbocycles. The van der Waals surface area contributed by atoms with E-state index in [0.29, 0.717) is 5.71 Å². The van der Waals surface area contributed by atoms with Crippen LogP contribution in [0.2, 0.25) is 0 Å². The summed E-state index contributed by atoms with van der Waals surface area (Å²) in [7, 11) is 0. The molecule has 0 saturated carbocycles. The highest BCUT2D eigenvalue weighted by atomic mass is 16.3. The van der Waals surface area contributed by atoms with Crippen LogP contribution in [0.3, 0.4) is 0 Å². The van der Waals surface area contributed by atoms with Crippen LogP contribution in [-0.4, -0.2) is 17.4 Å². The second kappa shape index (κ2) is 5.42. The Kier molecular flexibility index (Phi) is 6.67. The number of rotatable bonds is 0. The predicted octanol–water partition coefficient (Wildman–Crippen LogP) is 2.07. The van der Waals surface area contributed by atoms with Gasteiger partial charge in [0.05, 0.1) is 0 Å². The first-order valence-electron chi connectivity index (χ1n) is 3.42. The van der Waals surface area contributed by atoms with Crippen molar-refractivity contribution in [2.75, 3.05) is 6.61 Å². The van der Waals surface area contributed by atoms with Crippen molar-refractivity contribution in [2.24, 2.45) is 5.41 Å². The van der Waals surface area contributed by atoms with E-state index in [4.69, 9.17) is 10.5 Å². The van der Waals surface area contributed by atoms with Crippen LogP contribution in [0, 0.1) is 10.8 Å². The lowest BCUT2D eigenvalue weighted by Gasteiger charge is -2.11. The van der Waals surface area contributed by atoms with Gasteiger partial charge in [0, 0.05) is 12.3 Å². The summed E-state index contributed by atoms with van der Waals surface area (Å²) in [5.74, 6) is 0. The Balaban J connectivity index is 0. The molecule has 0 rings (SSSR count). The van der Waals surface area contributed by atoms with Crippen molar-refractivity contribution in [3.8, 4) is 0 Å². The van der Waals surface area contributed by atoms with Gasteiger partial charge in [-0.2, -0.15) is 0 Å². The van der Waals surface area contributed by atoms with Crippen LogP contribution in [-0.2, 0) is 0 Å². The minimum absolute atomic E-state index is 0.0972. The molecule has 0 aliphatic rings. The average Bonchev–Trinajstić information content (AvgIpc) is 1.63. The molecule has 2 nitrogen and oxygen atoms in total. The van der Waals surface area contributed by atoms with Crippen molar-refractivity contribution >= 4 is 5.71 Å². The topological polar surface area (TPSA) is 44.1 Å². The van der Waals surface area contributed by atoms with Crippen LogP contribution in [0.15, 0.2) is 0 Å². The van der Waals surface area contributed by atoms with Crippen LogP contribution in [0.25, 0.3) is 0 Å². The quantitative estimate of drug-likeness (QED) is 0.503. The van der Waals surface area contributed by atoms with E-state index in [1.807, 2.05) is 20.8 Å². The van der Waals surface area contributed by atoms with Gasteiger partial charge < -0.3 is 10.5 Å². The van der Waals surface area contributed by atoms with Gasteiger partial charge in [-0.3, -0.25) is 0 Å². The number of aliphatic hydroxyl groups excluding tert-OH is 1. The standard InChI is InChI=1S/C5H12O.C3H7N/c1-5(2,3)4-6;1-3(2)4/h6H,4H2,1-3H3;4H,1-2H3. The van der Waals surface area contributed by atoms with E-state index < -0.39 is 0 Å². The van der Waals surface area contributed by atoms with E-state index in [2.05, 4.69) is 0 Å². The smallest absolute Gasteiger partial charge is 0.0479 e. The van der Waals surface area contributed by atoms with Gasteiger partial charge in [-0.15, -0.1) is 0 Å². The van der Waals surface area contributed by atoms with E-state index in [1.54, 1.807) is 13.8 Å². The van der Waals surface area contributed by atoms with Gasteiger partial charge in [0.15, 0.2) is 0 Å². The van der Waals surface area contributed by atoms with Crippen molar-refractivity contribution in [1.29, 1.82) is 5.41 Å². The monoisotopic (exact) mass is 145 g/mol. The van der Waals surface area contributed by atoms with Crippen molar-refractivity contribution < 1.29 is 5.11 Å². The maximum Gasteiger partial charge on any atom is 0.0479 e. The van der Waals surface area contributed by atoms with Crippen LogP contribution in [0.1, 0.15) is 34.6 Å². The van der Waals surface area contributed by atoms with Crippen molar-refractivity contribution in [3.63, 3.8) is 0 Å². The molecule has 0 aromatic heterocycles. The summed E-state index contributed by atoms with van der Waals surface area (Å²) in [4.78, 5) is 0. The molecule has 0 bridgehead atoms. The second-order valence-electron chi connectivity index (χ2n) is 3.72. The molecular weight excluding hydrogens is 126 g/mol. The van der Waals surface area contributed by atoms with Crippen molar-refractivity contribution in [3.05, 3.63) is 0 Å². The molecule has 0 radical (unpaired) electrons. The van der Waals surface area contributed by atoms with Crippen LogP contribution >= 0.6 is 0 Å². The fraction of sp³-hybridized carbons (Fsp3) is 0.875. The summed E-state index contributed by atoms with van der Waals surface area (Å²) in [6.45, 7) is 9.75. The highest BCUT2D eigenvalue weighted by Gasteiger charge is 2.05. The number of nitrogens with one attached hydrogen (secondary N) is 1. The Hall–Kier alpha value is -0.370. The van der Waals surface area contributed by atoms with E-state index in [-0.39, 0.29) is 12.0 Å². The number of hydrogen-bond acceptors (Lipinski definition) is 2. The molecule has 2 N–H and O–H groups in total. The predicted molar refractivity (Wildman–Crippen MR) is 45.6 cm³/mol. The Morgan fingerprint density at radius 3 is 1.40 bits per heavy atom. The fourth-order valence-corrected chi connectivity index (χ4v) is 0. The summed E-state index contributed by atoms with van der Waals surface area (Å²) in [6, 6.07) is 0. The van der Waals surface area contributed by atoms with Gasteiger partial charge in [-0.1, -0.05) is 20.8 Å². The second-order valence-corrected chi connectivity index (χ2v) is 3.72. The third kappa shape index (κ3) is 48.5. The van der Waals surface area contributed by atoms with Crippen molar-refractivity contribution in [2.45, 2.75) is 34.6 Å². The molecule has 62 valence electrons. The van der Waals surface area contributed by atoms with Gasteiger partial charge in [0.1, 0.15) is 0 Å². The van der Waals surface area contributed by atoms with Crippen LogP contribution in [0.4, 0.5) is 0 Å². The summed E-state index contributed by atoms with van der Waals surface area (Å²) >= 11 is 0. The van der Waals surface area contributed by atoms with Gasteiger partial charge in [-0.05, 0) is 19.3 Å². The van der Waals surface area contributed by atoms with E-state index in [9.17, 15) is 0 Å². The lowest BCUT2D eigenvalue weighted by Crippen LogP contribution is -2.09. The molecule has 0 amide bonds.